The van der Waals surface area contributed by atoms with Crippen LogP contribution in [-0.2, 0) is 6.54 Å². The summed E-state index contributed by atoms with van der Waals surface area (Å²) in [5, 5.41) is 8.82. The van der Waals surface area contributed by atoms with Crippen LogP contribution in [0.4, 0.5) is 0 Å². The second-order valence-electron chi connectivity index (χ2n) is 6.13. The van der Waals surface area contributed by atoms with E-state index in [2.05, 4.69) is 39.0 Å². The topological polar surface area (TPSA) is 56.7 Å². The molecule has 1 heterocycles. The fourth-order valence-electron chi connectivity index (χ4n) is 4.12. The van der Waals surface area contributed by atoms with E-state index in [0.29, 0.717) is 12.5 Å². The standard InChI is InChI=1S/C16H20N4/c17-10-15-18-19-16(14-9-11-6-7-12(14)8-11)20(15)13-4-2-1-3-5-13/h1-5,11-12,14H,6-10,17H2. The third-order valence-electron chi connectivity index (χ3n) is 5.02. The first-order valence-electron chi connectivity index (χ1n) is 7.56. The van der Waals surface area contributed by atoms with Crippen molar-refractivity contribution in [3.8, 4) is 5.69 Å². The summed E-state index contributed by atoms with van der Waals surface area (Å²) in [5.74, 6) is 4.28. The van der Waals surface area contributed by atoms with Gasteiger partial charge in [0.25, 0.3) is 0 Å². The van der Waals surface area contributed by atoms with Crippen LogP contribution in [0.2, 0.25) is 0 Å². The molecule has 0 amide bonds. The molecule has 4 heteroatoms. The quantitative estimate of drug-likeness (QED) is 0.931. The van der Waals surface area contributed by atoms with Gasteiger partial charge in [0, 0.05) is 11.6 Å². The van der Waals surface area contributed by atoms with Gasteiger partial charge in [-0.1, -0.05) is 24.6 Å². The summed E-state index contributed by atoms with van der Waals surface area (Å²) < 4.78 is 2.19. The summed E-state index contributed by atoms with van der Waals surface area (Å²) in [6.07, 6.45) is 5.42. The number of nitrogens with two attached hydrogens (primary N) is 1. The molecule has 0 saturated heterocycles. The molecule has 2 bridgehead atoms. The van der Waals surface area contributed by atoms with Crippen molar-refractivity contribution in [2.24, 2.45) is 17.6 Å². The molecular formula is C16H20N4. The van der Waals surface area contributed by atoms with Crippen LogP contribution in [0, 0.1) is 11.8 Å². The largest absolute Gasteiger partial charge is 0.324 e. The average Bonchev–Trinajstić information content (AvgIpc) is 3.22. The normalized spacial score (nSPS) is 28.1. The van der Waals surface area contributed by atoms with Gasteiger partial charge >= 0.3 is 0 Å². The molecule has 20 heavy (non-hydrogen) atoms. The monoisotopic (exact) mass is 268 g/mol. The molecule has 2 N–H and O–H groups in total. The van der Waals surface area contributed by atoms with Crippen LogP contribution in [-0.4, -0.2) is 14.8 Å². The zero-order valence-corrected chi connectivity index (χ0v) is 11.6. The lowest BCUT2D eigenvalue weighted by Crippen LogP contribution is -2.16. The maximum absolute atomic E-state index is 5.85. The number of para-hydroxylation sites is 1. The van der Waals surface area contributed by atoms with Crippen LogP contribution in [0.15, 0.2) is 30.3 Å². The lowest BCUT2D eigenvalue weighted by atomic mass is 9.88. The summed E-state index contributed by atoms with van der Waals surface area (Å²) >= 11 is 0. The zero-order chi connectivity index (χ0) is 13.5. The Morgan fingerprint density at radius 3 is 2.60 bits per heavy atom. The second-order valence-corrected chi connectivity index (χ2v) is 6.13. The van der Waals surface area contributed by atoms with Crippen LogP contribution in [0.25, 0.3) is 5.69 Å². The molecule has 2 saturated carbocycles. The molecule has 4 nitrogen and oxygen atoms in total. The number of aromatic nitrogens is 3. The molecule has 2 fully saturated rings. The van der Waals surface area contributed by atoms with Crippen LogP contribution in [0.3, 0.4) is 0 Å². The molecular weight excluding hydrogens is 248 g/mol. The van der Waals surface area contributed by atoms with E-state index in [1.54, 1.807) is 0 Å². The predicted molar refractivity (Wildman–Crippen MR) is 77.4 cm³/mol. The third kappa shape index (κ3) is 1.79. The number of nitrogens with zero attached hydrogens (tertiary/aromatic N) is 3. The van der Waals surface area contributed by atoms with Crippen LogP contribution in [0.1, 0.15) is 43.3 Å². The molecule has 3 unspecified atom stereocenters. The van der Waals surface area contributed by atoms with Crippen molar-refractivity contribution in [1.82, 2.24) is 14.8 Å². The minimum Gasteiger partial charge on any atom is -0.324 e. The summed E-state index contributed by atoms with van der Waals surface area (Å²) in [6, 6.07) is 10.4. The van der Waals surface area contributed by atoms with Crippen LogP contribution < -0.4 is 5.73 Å². The Balaban J connectivity index is 1.79. The molecule has 2 aliphatic carbocycles. The molecule has 0 aliphatic heterocycles. The highest BCUT2D eigenvalue weighted by molar-refractivity contribution is 5.35. The summed E-state index contributed by atoms with van der Waals surface area (Å²) in [7, 11) is 0. The van der Waals surface area contributed by atoms with Crippen molar-refractivity contribution in [1.29, 1.82) is 0 Å². The Hall–Kier alpha value is -1.68. The fourth-order valence-corrected chi connectivity index (χ4v) is 4.12. The maximum atomic E-state index is 5.85. The van der Waals surface area contributed by atoms with Gasteiger partial charge in [-0.2, -0.15) is 0 Å². The smallest absolute Gasteiger partial charge is 0.151 e. The van der Waals surface area contributed by atoms with Crippen molar-refractivity contribution in [3.05, 3.63) is 42.0 Å². The van der Waals surface area contributed by atoms with E-state index < -0.39 is 0 Å². The molecule has 2 aromatic rings. The average molecular weight is 268 g/mol. The molecule has 4 rings (SSSR count). The Labute approximate surface area is 119 Å². The van der Waals surface area contributed by atoms with Gasteiger partial charge in [0.05, 0.1) is 6.54 Å². The van der Waals surface area contributed by atoms with E-state index in [1.165, 1.54) is 25.7 Å². The first-order chi connectivity index (χ1) is 9.86. The molecule has 0 spiro atoms. The first-order valence-corrected chi connectivity index (χ1v) is 7.56. The van der Waals surface area contributed by atoms with E-state index in [0.717, 1.165) is 29.2 Å². The van der Waals surface area contributed by atoms with Gasteiger partial charge in [-0.15, -0.1) is 10.2 Å². The number of benzene rings is 1. The van der Waals surface area contributed by atoms with Crippen molar-refractivity contribution < 1.29 is 0 Å². The minimum atomic E-state index is 0.433. The SMILES string of the molecule is NCc1nnc(C2CC3CCC2C3)n1-c1ccccc1. The number of rotatable bonds is 3. The summed E-state index contributed by atoms with van der Waals surface area (Å²) in [4.78, 5) is 0. The van der Waals surface area contributed by atoms with E-state index >= 15 is 0 Å². The van der Waals surface area contributed by atoms with E-state index in [-0.39, 0.29) is 0 Å². The highest BCUT2D eigenvalue weighted by Gasteiger charge is 2.42. The van der Waals surface area contributed by atoms with E-state index in [9.17, 15) is 0 Å². The first kappa shape index (κ1) is 12.1. The molecule has 1 aromatic carbocycles. The van der Waals surface area contributed by atoms with Crippen molar-refractivity contribution in [2.75, 3.05) is 0 Å². The fraction of sp³-hybridized carbons (Fsp3) is 0.500. The minimum absolute atomic E-state index is 0.433. The number of hydrogen-bond donors (Lipinski definition) is 1. The van der Waals surface area contributed by atoms with Crippen LogP contribution in [0.5, 0.6) is 0 Å². The van der Waals surface area contributed by atoms with Gasteiger partial charge in [-0.05, 0) is 43.2 Å². The lowest BCUT2D eigenvalue weighted by molar-refractivity contribution is 0.401. The van der Waals surface area contributed by atoms with Gasteiger partial charge < -0.3 is 5.73 Å². The Morgan fingerprint density at radius 1 is 1.10 bits per heavy atom. The zero-order valence-electron chi connectivity index (χ0n) is 11.6. The van der Waals surface area contributed by atoms with Crippen molar-refractivity contribution in [3.63, 3.8) is 0 Å². The second kappa shape index (κ2) is 4.70. The third-order valence-corrected chi connectivity index (χ3v) is 5.02. The van der Waals surface area contributed by atoms with Gasteiger partial charge in [-0.25, -0.2) is 0 Å². The number of fused-ring (bicyclic) bond motifs is 2. The van der Waals surface area contributed by atoms with E-state index in [4.69, 9.17) is 5.73 Å². The Morgan fingerprint density at radius 2 is 1.95 bits per heavy atom. The molecule has 104 valence electrons. The highest BCUT2D eigenvalue weighted by atomic mass is 15.3. The lowest BCUT2D eigenvalue weighted by Gasteiger charge is -2.22. The molecule has 3 atom stereocenters. The molecule has 0 radical (unpaired) electrons. The van der Waals surface area contributed by atoms with Gasteiger partial charge in [-0.3, -0.25) is 4.57 Å². The maximum Gasteiger partial charge on any atom is 0.151 e. The Kier molecular flexibility index (Phi) is 2.84. The predicted octanol–water partition coefficient (Wildman–Crippen LogP) is 2.63. The van der Waals surface area contributed by atoms with Crippen LogP contribution >= 0.6 is 0 Å². The van der Waals surface area contributed by atoms with Crippen molar-refractivity contribution in [2.45, 2.75) is 38.1 Å². The van der Waals surface area contributed by atoms with Gasteiger partial charge in [0.15, 0.2) is 5.82 Å². The summed E-state index contributed by atoms with van der Waals surface area (Å²) in [5.41, 5.74) is 6.99. The molecule has 1 aromatic heterocycles. The van der Waals surface area contributed by atoms with Gasteiger partial charge in [0.1, 0.15) is 5.82 Å². The summed E-state index contributed by atoms with van der Waals surface area (Å²) in [6.45, 7) is 0.433. The molecule has 2 aliphatic rings. The van der Waals surface area contributed by atoms with Gasteiger partial charge in [0.2, 0.25) is 0 Å². The van der Waals surface area contributed by atoms with Crippen molar-refractivity contribution >= 4 is 0 Å². The van der Waals surface area contributed by atoms with E-state index in [1.807, 2.05) is 6.07 Å². The highest BCUT2D eigenvalue weighted by Crippen LogP contribution is 2.52. The Bertz CT molecular complexity index is 604. The number of hydrogen-bond acceptors (Lipinski definition) is 3.